The smallest absolute Gasteiger partial charge is 0.260 e. The Balaban J connectivity index is 1.88. The van der Waals surface area contributed by atoms with Crippen LogP contribution in [-0.2, 0) is 11.3 Å². The molecule has 21 heavy (non-hydrogen) atoms. The zero-order valence-electron chi connectivity index (χ0n) is 12.1. The molecular formula is C14H18N4O3. The molecule has 7 heteroatoms. The number of carbonyl (C=O) groups excluding carboxylic acids is 1. The second-order valence-electron chi connectivity index (χ2n) is 4.35. The van der Waals surface area contributed by atoms with Crippen molar-refractivity contribution in [3.8, 4) is 11.5 Å². The number of hydrogen-bond acceptors (Lipinski definition) is 5. The molecule has 0 spiro atoms. The molecule has 2 rings (SSSR count). The molecule has 0 radical (unpaired) electrons. The lowest BCUT2D eigenvalue weighted by atomic mass is 10.3. The summed E-state index contributed by atoms with van der Waals surface area (Å²) in [7, 11) is 1.68. The first-order chi connectivity index (χ1) is 10.2. The molecule has 1 aromatic carbocycles. The Bertz CT molecular complexity index is 571. The molecule has 0 aliphatic rings. The molecule has 112 valence electrons. The number of benzene rings is 1. The van der Waals surface area contributed by atoms with Crippen molar-refractivity contribution in [3.63, 3.8) is 0 Å². The first kappa shape index (κ1) is 14.8. The predicted molar refractivity (Wildman–Crippen MR) is 76.0 cm³/mol. The largest absolute Gasteiger partial charge is 0.490 e. The molecule has 1 amide bonds. The topological polar surface area (TPSA) is 80.3 Å². The molecular weight excluding hydrogens is 272 g/mol. The fourth-order valence-electron chi connectivity index (χ4n) is 1.71. The van der Waals surface area contributed by atoms with Gasteiger partial charge in [-0.05, 0) is 19.1 Å². The van der Waals surface area contributed by atoms with Gasteiger partial charge >= 0.3 is 0 Å². The number of amides is 1. The average molecular weight is 290 g/mol. The van der Waals surface area contributed by atoms with Gasteiger partial charge in [0.2, 0.25) is 0 Å². The summed E-state index contributed by atoms with van der Waals surface area (Å²) < 4.78 is 11.0. The first-order valence-electron chi connectivity index (χ1n) is 6.63. The van der Waals surface area contributed by atoms with Crippen molar-refractivity contribution in [1.29, 1.82) is 0 Å². The Morgan fingerprint density at radius 1 is 1.29 bits per heavy atom. The number of ether oxygens (including phenoxy) is 2. The van der Waals surface area contributed by atoms with Gasteiger partial charge in [-0.3, -0.25) is 9.89 Å². The molecule has 0 unspecified atom stereocenters. The third kappa shape index (κ3) is 4.20. The number of aromatic amines is 1. The Morgan fingerprint density at radius 2 is 2.00 bits per heavy atom. The average Bonchev–Trinajstić information content (AvgIpc) is 2.99. The molecule has 0 atom stereocenters. The number of rotatable bonds is 7. The number of para-hydroxylation sites is 2. The highest BCUT2D eigenvalue weighted by Gasteiger charge is 2.13. The number of likely N-dealkylation sites (N-methyl/N-ethyl adjacent to an activating group) is 1. The van der Waals surface area contributed by atoms with E-state index in [0.29, 0.717) is 30.5 Å². The van der Waals surface area contributed by atoms with E-state index in [1.807, 2.05) is 25.1 Å². The van der Waals surface area contributed by atoms with Gasteiger partial charge in [0.1, 0.15) is 12.2 Å². The highest BCUT2D eigenvalue weighted by Crippen LogP contribution is 2.26. The molecule has 0 bridgehead atoms. The van der Waals surface area contributed by atoms with Gasteiger partial charge in [-0.2, -0.15) is 5.10 Å². The van der Waals surface area contributed by atoms with Crippen LogP contribution in [0.4, 0.5) is 0 Å². The molecule has 0 aliphatic heterocycles. The van der Waals surface area contributed by atoms with E-state index in [9.17, 15) is 4.79 Å². The van der Waals surface area contributed by atoms with E-state index in [1.54, 1.807) is 13.1 Å². The van der Waals surface area contributed by atoms with E-state index in [-0.39, 0.29) is 12.5 Å². The lowest BCUT2D eigenvalue weighted by Gasteiger charge is -2.17. The maximum absolute atomic E-state index is 12.0. The number of nitrogens with zero attached hydrogens (tertiary/aromatic N) is 3. The van der Waals surface area contributed by atoms with Gasteiger partial charge in [0.05, 0.1) is 13.2 Å². The second-order valence-corrected chi connectivity index (χ2v) is 4.35. The van der Waals surface area contributed by atoms with Crippen molar-refractivity contribution in [3.05, 3.63) is 36.4 Å². The van der Waals surface area contributed by atoms with Crippen LogP contribution < -0.4 is 9.47 Å². The molecule has 2 aromatic rings. The van der Waals surface area contributed by atoms with E-state index < -0.39 is 0 Å². The fraction of sp³-hybridized carbons (Fsp3) is 0.357. The standard InChI is InChI=1S/C14H18N4O3/c1-3-20-11-6-4-5-7-12(11)21-9-14(19)18(2)8-13-15-10-16-17-13/h4-7,10H,3,8-9H2,1-2H3,(H,15,16,17). The molecule has 0 aliphatic carbocycles. The summed E-state index contributed by atoms with van der Waals surface area (Å²) >= 11 is 0. The minimum Gasteiger partial charge on any atom is -0.490 e. The van der Waals surface area contributed by atoms with E-state index in [2.05, 4.69) is 15.2 Å². The summed E-state index contributed by atoms with van der Waals surface area (Å²) in [5.74, 6) is 1.66. The number of hydrogen-bond donors (Lipinski definition) is 1. The SMILES string of the molecule is CCOc1ccccc1OCC(=O)N(C)Cc1ncn[nH]1. The third-order valence-electron chi connectivity index (χ3n) is 2.78. The molecule has 0 saturated heterocycles. The summed E-state index contributed by atoms with van der Waals surface area (Å²) in [5.41, 5.74) is 0. The van der Waals surface area contributed by atoms with Crippen LogP contribution in [0.25, 0.3) is 0 Å². The van der Waals surface area contributed by atoms with E-state index in [0.717, 1.165) is 0 Å². The van der Waals surface area contributed by atoms with Gasteiger partial charge in [-0.25, -0.2) is 4.98 Å². The van der Waals surface area contributed by atoms with Crippen LogP contribution in [0.15, 0.2) is 30.6 Å². The molecule has 1 heterocycles. The van der Waals surface area contributed by atoms with Crippen molar-refractivity contribution in [1.82, 2.24) is 20.1 Å². The summed E-state index contributed by atoms with van der Waals surface area (Å²) in [6, 6.07) is 7.27. The zero-order valence-corrected chi connectivity index (χ0v) is 12.1. The number of aromatic nitrogens is 3. The van der Waals surface area contributed by atoms with E-state index in [4.69, 9.17) is 9.47 Å². The lowest BCUT2D eigenvalue weighted by Crippen LogP contribution is -2.31. The first-order valence-corrected chi connectivity index (χ1v) is 6.63. The van der Waals surface area contributed by atoms with Crippen LogP contribution >= 0.6 is 0 Å². The van der Waals surface area contributed by atoms with Gasteiger partial charge in [0.15, 0.2) is 18.1 Å². The molecule has 0 saturated carbocycles. The Labute approximate surface area is 122 Å². The molecule has 7 nitrogen and oxygen atoms in total. The Kier molecular flexibility index (Phi) is 5.14. The van der Waals surface area contributed by atoms with Crippen LogP contribution in [0.3, 0.4) is 0 Å². The Hall–Kier alpha value is -2.57. The van der Waals surface area contributed by atoms with Crippen molar-refractivity contribution in [2.45, 2.75) is 13.5 Å². The Morgan fingerprint density at radius 3 is 2.62 bits per heavy atom. The lowest BCUT2D eigenvalue weighted by molar-refractivity contribution is -0.132. The third-order valence-corrected chi connectivity index (χ3v) is 2.78. The zero-order chi connectivity index (χ0) is 15.1. The maximum atomic E-state index is 12.0. The minimum atomic E-state index is -0.155. The maximum Gasteiger partial charge on any atom is 0.260 e. The normalized spacial score (nSPS) is 10.2. The summed E-state index contributed by atoms with van der Waals surface area (Å²) in [5, 5.41) is 6.45. The van der Waals surface area contributed by atoms with Crippen LogP contribution in [0, 0.1) is 0 Å². The number of carbonyl (C=O) groups is 1. The predicted octanol–water partition coefficient (Wildman–Crippen LogP) is 1.24. The van der Waals surface area contributed by atoms with Gasteiger partial charge in [-0.15, -0.1) is 0 Å². The van der Waals surface area contributed by atoms with E-state index >= 15 is 0 Å². The van der Waals surface area contributed by atoms with Crippen molar-refractivity contribution in [2.24, 2.45) is 0 Å². The summed E-state index contributed by atoms with van der Waals surface area (Å²) in [4.78, 5) is 17.5. The van der Waals surface area contributed by atoms with Crippen molar-refractivity contribution < 1.29 is 14.3 Å². The van der Waals surface area contributed by atoms with Gasteiger partial charge in [0.25, 0.3) is 5.91 Å². The quantitative estimate of drug-likeness (QED) is 0.830. The molecule has 1 aromatic heterocycles. The van der Waals surface area contributed by atoms with Crippen LogP contribution in [0.1, 0.15) is 12.7 Å². The molecule has 1 N–H and O–H groups in total. The van der Waals surface area contributed by atoms with E-state index in [1.165, 1.54) is 11.2 Å². The van der Waals surface area contributed by atoms with Crippen molar-refractivity contribution >= 4 is 5.91 Å². The summed E-state index contributed by atoms with van der Waals surface area (Å²) in [6.07, 6.45) is 1.41. The van der Waals surface area contributed by atoms with Crippen LogP contribution in [0.2, 0.25) is 0 Å². The van der Waals surface area contributed by atoms with Gasteiger partial charge in [0, 0.05) is 7.05 Å². The fourth-order valence-corrected chi connectivity index (χ4v) is 1.71. The van der Waals surface area contributed by atoms with Gasteiger partial charge in [-0.1, -0.05) is 12.1 Å². The number of H-pyrrole nitrogens is 1. The van der Waals surface area contributed by atoms with Crippen molar-refractivity contribution in [2.75, 3.05) is 20.3 Å². The van der Waals surface area contributed by atoms with Crippen LogP contribution in [-0.4, -0.2) is 46.2 Å². The number of nitrogens with one attached hydrogen (secondary N) is 1. The molecule has 0 fully saturated rings. The van der Waals surface area contributed by atoms with Gasteiger partial charge < -0.3 is 14.4 Å². The highest BCUT2D eigenvalue weighted by atomic mass is 16.5. The summed E-state index contributed by atoms with van der Waals surface area (Å²) in [6.45, 7) is 2.73. The monoisotopic (exact) mass is 290 g/mol. The second kappa shape index (κ2) is 7.28. The highest BCUT2D eigenvalue weighted by molar-refractivity contribution is 5.77. The minimum absolute atomic E-state index is 0.0608. The van der Waals surface area contributed by atoms with Crippen LogP contribution in [0.5, 0.6) is 11.5 Å².